The molecule has 0 bridgehead atoms. The Labute approximate surface area is 102 Å². The van der Waals surface area contributed by atoms with Crippen LogP contribution in [0.25, 0.3) is 0 Å². The average molecular weight is 250 g/mol. The number of halogens is 1. The average Bonchev–Trinajstić information content (AvgIpc) is 2.33. The van der Waals surface area contributed by atoms with Crippen LogP contribution in [0.5, 0.6) is 0 Å². The van der Waals surface area contributed by atoms with Gasteiger partial charge in [-0.2, -0.15) is 5.10 Å². The van der Waals surface area contributed by atoms with Gasteiger partial charge in [0.1, 0.15) is 0 Å². The van der Waals surface area contributed by atoms with E-state index in [0.717, 1.165) is 0 Å². The standard InChI is InChI=1S/C10H8ClN5O/c11-6-1-2-8(12)7(5-6)9(17)15-10-13-3-4-14-16-10/h1-5H,12H2,(H,13,15,16,17). The van der Waals surface area contributed by atoms with E-state index < -0.39 is 5.91 Å². The van der Waals surface area contributed by atoms with Gasteiger partial charge in [0.2, 0.25) is 5.95 Å². The molecular formula is C10H8ClN5O. The number of anilines is 2. The van der Waals surface area contributed by atoms with Gasteiger partial charge in [-0.05, 0) is 18.2 Å². The third-order valence-electron chi connectivity index (χ3n) is 1.97. The molecule has 0 spiro atoms. The van der Waals surface area contributed by atoms with Crippen LogP contribution < -0.4 is 11.1 Å². The number of nitrogens with two attached hydrogens (primary N) is 1. The topological polar surface area (TPSA) is 93.8 Å². The molecule has 1 aromatic heterocycles. The van der Waals surface area contributed by atoms with Gasteiger partial charge in [-0.1, -0.05) is 11.6 Å². The third kappa shape index (κ3) is 2.67. The number of nitrogen functional groups attached to an aromatic ring is 1. The molecule has 0 unspecified atom stereocenters. The largest absolute Gasteiger partial charge is 0.398 e. The smallest absolute Gasteiger partial charge is 0.260 e. The van der Waals surface area contributed by atoms with E-state index in [1.807, 2.05) is 0 Å². The number of nitrogens with one attached hydrogen (secondary N) is 1. The van der Waals surface area contributed by atoms with Crippen LogP contribution in [0.3, 0.4) is 0 Å². The maximum atomic E-state index is 11.8. The Hall–Kier alpha value is -2.21. The van der Waals surface area contributed by atoms with E-state index in [2.05, 4.69) is 20.5 Å². The Balaban J connectivity index is 2.23. The van der Waals surface area contributed by atoms with Crippen LogP contribution in [-0.2, 0) is 0 Å². The number of benzene rings is 1. The summed E-state index contributed by atoms with van der Waals surface area (Å²) in [7, 11) is 0. The van der Waals surface area contributed by atoms with E-state index in [1.54, 1.807) is 12.1 Å². The highest BCUT2D eigenvalue weighted by Crippen LogP contribution is 2.18. The van der Waals surface area contributed by atoms with Crippen molar-refractivity contribution in [2.75, 3.05) is 11.1 Å². The highest BCUT2D eigenvalue weighted by molar-refractivity contribution is 6.31. The molecule has 17 heavy (non-hydrogen) atoms. The molecule has 0 radical (unpaired) electrons. The zero-order chi connectivity index (χ0) is 12.3. The number of nitrogens with zero attached hydrogens (tertiary/aromatic N) is 3. The summed E-state index contributed by atoms with van der Waals surface area (Å²) in [4.78, 5) is 15.6. The maximum absolute atomic E-state index is 11.8. The van der Waals surface area contributed by atoms with E-state index in [4.69, 9.17) is 17.3 Å². The molecule has 7 heteroatoms. The van der Waals surface area contributed by atoms with Crippen LogP contribution in [0.4, 0.5) is 11.6 Å². The van der Waals surface area contributed by atoms with Crippen molar-refractivity contribution in [3.8, 4) is 0 Å². The Morgan fingerprint density at radius 2 is 2.18 bits per heavy atom. The summed E-state index contributed by atoms with van der Waals surface area (Å²) < 4.78 is 0. The quantitative estimate of drug-likeness (QED) is 0.784. The van der Waals surface area contributed by atoms with Gasteiger partial charge in [0, 0.05) is 10.7 Å². The summed E-state index contributed by atoms with van der Waals surface area (Å²) in [6.45, 7) is 0. The van der Waals surface area contributed by atoms with Gasteiger partial charge in [-0.15, -0.1) is 5.10 Å². The second kappa shape index (κ2) is 4.75. The lowest BCUT2D eigenvalue weighted by molar-refractivity contribution is 0.102. The number of aromatic nitrogens is 3. The Bertz CT molecular complexity index is 546. The highest BCUT2D eigenvalue weighted by atomic mass is 35.5. The fourth-order valence-electron chi connectivity index (χ4n) is 1.20. The van der Waals surface area contributed by atoms with Gasteiger partial charge >= 0.3 is 0 Å². The molecule has 1 aromatic carbocycles. The lowest BCUT2D eigenvalue weighted by Crippen LogP contribution is -2.16. The van der Waals surface area contributed by atoms with Crippen molar-refractivity contribution in [3.05, 3.63) is 41.2 Å². The Morgan fingerprint density at radius 1 is 1.35 bits per heavy atom. The molecule has 0 atom stereocenters. The fraction of sp³-hybridized carbons (Fsp3) is 0. The van der Waals surface area contributed by atoms with E-state index in [0.29, 0.717) is 10.7 Å². The molecule has 0 fully saturated rings. The van der Waals surface area contributed by atoms with Crippen molar-refractivity contribution < 1.29 is 4.79 Å². The van der Waals surface area contributed by atoms with Crippen molar-refractivity contribution in [1.82, 2.24) is 15.2 Å². The molecule has 0 saturated carbocycles. The van der Waals surface area contributed by atoms with Crippen LogP contribution in [0, 0.1) is 0 Å². The molecular weight excluding hydrogens is 242 g/mol. The molecule has 0 aliphatic heterocycles. The molecule has 6 nitrogen and oxygen atoms in total. The lowest BCUT2D eigenvalue weighted by atomic mass is 10.1. The van der Waals surface area contributed by atoms with Crippen molar-refractivity contribution in [3.63, 3.8) is 0 Å². The molecule has 1 amide bonds. The van der Waals surface area contributed by atoms with E-state index >= 15 is 0 Å². The number of carbonyl (C=O) groups excluding carboxylic acids is 1. The zero-order valence-electron chi connectivity index (χ0n) is 8.59. The lowest BCUT2D eigenvalue weighted by Gasteiger charge is -2.05. The second-order valence-corrected chi connectivity index (χ2v) is 3.59. The number of carbonyl (C=O) groups is 1. The van der Waals surface area contributed by atoms with Gasteiger partial charge in [0.05, 0.1) is 18.0 Å². The fourth-order valence-corrected chi connectivity index (χ4v) is 1.37. The van der Waals surface area contributed by atoms with Crippen molar-refractivity contribution >= 4 is 29.1 Å². The zero-order valence-corrected chi connectivity index (χ0v) is 9.35. The van der Waals surface area contributed by atoms with Crippen LogP contribution in [-0.4, -0.2) is 21.1 Å². The number of rotatable bonds is 2. The molecule has 2 aromatic rings. The van der Waals surface area contributed by atoms with Gasteiger partial charge in [0.25, 0.3) is 5.91 Å². The van der Waals surface area contributed by atoms with Gasteiger partial charge < -0.3 is 5.73 Å². The van der Waals surface area contributed by atoms with Crippen molar-refractivity contribution in [2.24, 2.45) is 0 Å². The predicted octanol–water partition coefficient (Wildman–Crippen LogP) is 1.36. The summed E-state index contributed by atoms with van der Waals surface area (Å²) in [5.41, 5.74) is 6.27. The molecule has 3 N–H and O–H groups in total. The van der Waals surface area contributed by atoms with E-state index in [-0.39, 0.29) is 11.5 Å². The van der Waals surface area contributed by atoms with Crippen LogP contribution in [0.2, 0.25) is 5.02 Å². The van der Waals surface area contributed by atoms with Crippen molar-refractivity contribution in [1.29, 1.82) is 0 Å². The van der Waals surface area contributed by atoms with E-state index in [9.17, 15) is 4.79 Å². The van der Waals surface area contributed by atoms with Crippen LogP contribution in [0.15, 0.2) is 30.6 Å². The summed E-state index contributed by atoms with van der Waals surface area (Å²) in [5, 5.41) is 10.1. The minimum atomic E-state index is -0.432. The van der Waals surface area contributed by atoms with Crippen LogP contribution in [0.1, 0.15) is 10.4 Å². The van der Waals surface area contributed by atoms with Crippen molar-refractivity contribution in [2.45, 2.75) is 0 Å². The molecule has 1 heterocycles. The van der Waals surface area contributed by atoms with Gasteiger partial charge in [-0.3, -0.25) is 10.1 Å². The Kier molecular flexibility index (Phi) is 3.15. The summed E-state index contributed by atoms with van der Waals surface area (Å²) >= 11 is 5.78. The third-order valence-corrected chi connectivity index (χ3v) is 2.20. The van der Waals surface area contributed by atoms with Crippen LogP contribution >= 0.6 is 11.6 Å². The normalized spacial score (nSPS) is 9.94. The first kappa shape index (κ1) is 11.3. The van der Waals surface area contributed by atoms with Gasteiger partial charge in [0.15, 0.2) is 0 Å². The predicted molar refractivity (Wildman–Crippen MR) is 63.6 cm³/mol. The minimum absolute atomic E-state index is 0.108. The summed E-state index contributed by atoms with van der Waals surface area (Å²) in [5.74, 6) is -0.324. The number of hydrogen-bond acceptors (Lipinski definition) is 5. The Morgan fingerprint density at radius 3 is 2.88 bits per heavy atom. The first-order valence-corrected chi connectivity index (χ1v) is 5.04. The first-order chi connectivity index (χ1) is 8.16. The monoisotopic (exact) mass is 249 g/mol. The molecule has 2 rings (SSSR count). The number of amides is 1. The molecule has 0 aliphatic rings. The minimum Gasteiger partial charge on any atom is -0.398 e. The molecule has 86 valence electrons. The maximum Gasteiger partial charge on any atom is 0.260 e. The second-order valence-electron chi connectivity index (χ2n) is 3.15. The summed E-state index contributed by atoms with van der Waals surface area (Å²) in [6, 6.07) is 4.64. The SMILES string of the molecule is Nc1ccc(Cl)cc1C(=O)Nc1nccnn1. The van der Waals surface area contributed by atoms with E-state index in [1.165, 1.54) is 18.5 Å². The molecule has 0 saturated heterocycles. The summed E-state index contributed by atoms with van der Waals surface area (Å²) in [6.07, 6.45) is 2.83. The van der Waals surface area contributed by atoms with Gasteiger partial charge in [-0.25, -0.2) is 4.98 Å². The highest BCUT2D eigenvalue weighted by Gasteiger charge is 2.11. The first-order valence-electron chi connectivity index (χ1n) is 4.67. The molecule has 0 aliphatic carbocycles. The number of hydrogen-bond donors (Lipinski definition) is 2.